The lowest BCUT2D eigenvalue weighted by Crippen LogP contribution is -2.54. The molecule has 3 aliphatic heterocycles. The van der Waals surface area contributed by atoms with E-state index in [0.717, 1.165) is 59.0 Å². The summed E-state index contributed by atoms with van der Waals surface area (Å²) in [4.78, 5) is 48.6. The molecular weight excluding hydrogens is 1010 g/mol. The van der Waals surface area contributed by atoms with E-state index in [0.29, 0.717) is 53.0 Å². The summed E-state index contributed by atoms with van der Waals surface area (Å²) in [6.07, 6.45) is 6.18. The maximum Gasteiger partial charge on any atom is 0.255 e. The molecule has 20 heteroatoms. The Balaban J connectivity index is 0.627. The average Bonchev–Trinajstić information content (AvgIpc) is 4.28. The second kappa shape index (κ2) is 22.4. The number of aromatic nitrogens is 6. The van der Waals surface area contributed by atoms with E-state index in [4.69, 9.17) is 24.5 Å². The highest BCUT2D eigenvalue weighted by Gasteiger charge is 2.44. The van der Waals surface area contributed by atoms with Gasteiger partial charge >= 0.3 is 0 Å². The Bertz CT molecular complexity index is 3320. The summed E-state index contributed by atoms with van der Waals surface area (Å²) in [7, 11) is 0. The highest BCUT2D eigenvalue weighted by Crippen LogP contribution is 2.41. The van der Waals surface area contributed by atoms with Crippen molar-refractivity contribution >= 4 is 40.3 Å². The van der Waals surface area contributed by atoms with Crippen LogP contribution in [0.25, 0.3) is 21.7 Å². The number of rotatable bonds is 16. The van der Waals surface area contributed by atoms with E-state index in [1.807, 2.05) is 100 Å². The van der Waals surface area contributed by atoms with E-state index in [1.165, 1.54) is 4.90 Å². The second-order valence-corrected chi connectivity index (χ2v) is 21.6. The summed E-state index contributed by atoms with van der Waals surface area (Å²) in [6.45, 7) is 9.20. The van der Waals surface area contributed by atoms with Gasteiger partial charge in [0.15, 0.2) is 18.2 Å². The molecule has 402 valence electrons. The molecule has 4 aliphatic rings. The molecule has 2 aromatic carbocycles. The number of pyridine rings is 2. The van der Waals surface area contributed by atoms with Gasteiger partial charge < -0.3 is 54.7 Å². The number of nitrogens with two attached hydrogens (primary N) is 1. The van der Waals surface area contributed by atoms with Crippen LogP contribution in [0.5, 0.6) is 23.3 Å². The number of likely N-dealkylation sites (tertiary alicyclic amines) is 1. The molecule has 1 aliphatic carbocycles. The summed E-state index contributed by atoms with van der Waals surface area (Å²) in [5.41, 5.74) is 14.8. The first-order chi connectivity index (χ1) is 37.8. The van der Waals surface area contributed by atoms with Crippen molar-refractivity contribution < 1.29 is 38.5 Å². The lowest BCUT2D eigenvalue weighted by molar-refractivity contribution is -0.141. The first-order valence-electron chi connectivity index (χ1n) is 26.4. The smallest absolute Gasteiger partial charge is 0.255 e. The van der Waals surface area contributed by atoms with Gasteiger partial charge in [0, 0.05) is 80.6 Å². The van der Waals surface area contributed by atoms with E-state index >= 15 is 0 Å². The number of nitrogen functional groups attached to an aromatic ring is 1. The fourth-order valence-electron chi connectivity index (χ4n) is 11.0. The number of thiazole rings is 1. The molecule has 0 spiro atoms. The third-order valence-corrected chi connectivity index (χ3v) is 16.1. The number of phenolic OH excluding ortho intramolecular Hbond substituents is 1. The minimum atomic E-state index is -0.860. The number of hydrogen-bond donors (Lipinski definition) is 4. The molecule has 5 N–H and O–H groups in total. The Labute approximate surface area is 455 Å². The van der Waals surface area contributed by atoms with Crippen LogP contribution < -0.4 is 35.1 Å². The number of benzene rings is 2. The molecule has 8 heterocycles. The number of nitrogens with zero attached hydrogens (tertiary/aromatic N) is 9. The molecule has 5 aromatic heterocycles. The molecule has 0 radical (unpaired) electrons. The average molecular weight is 1070 g/mol. The molecule has 3 saturated heterocycles. The van der Waals surface area contributed by atoms with Crippen LogP contribution in [0.4, 0.5) is 17.2 Å². The van der Waals surface area contributed by atoms with Crippen molar-refractivity contribution in [2.24, 2.45) is 5.92 Å². The minimum Gasteiger partial charge on any atom is -0.507 e. The van der Waals surface area contributed by atoms with Gasteiger partial charge in [0.2, 0.25) is 17.7 Å². The summed E-state index contributed by atoms with van der Waals surface area (Å²) in [5.74, 6) is 6.46. The van der Waals surface area contributed by atoms with Gasteiger partial charge in [-0.25, -0.2) is 15.0 Å². The second-order valence-electron chi connectivity index (χ2n) is 20.8. The maximum atomic E-state index is 14.2. The number of aliphatic hydroxyl groups excluding tert-OH is 1. The number of phenols is 1. The van der Waals surface area contributed by atoms with E-state index < -0.39 is 18.1 Å². The van der Waals surface area contributed by atoms with Crippen LogP contribution >= 0.6 is 11.3 Å². The van der Waals surface area contributed by atoms with E-state index in [1.54, 1.807) is 41.8 Å². The van der Waals surface area contributed by atoms with Gasteiger partial charge in [0.05, 0.1) is 45.8 Å². The van der Waals surface area contributed by atoms with Gasteiger partial charge in [-0.3, -0.25) is 9.59 Å². The minimum absolute atomic E-state index is 0.0129. The number of carbonyl (C=O) groups is 2. The zero-order valence-electron chi connectivity index (χ0n) is 43.7. The SMILES string of the molecule is Cc1ncsc1-c1ccc([C@H](C)NC(=O)[C@@H]2C[C@@H](O)CN2C(=O)C(c2cc(OCC#Cc3ccc(OC4CC(Oc5cc(N6C7CCC6CN(c6cc(-c8ccccc8O)nnc6N)C7)ccn5)C4)cn3)no2)C(C)C)cc1. The van der Waals surface area contributed by atoms with Crippen molar-refractivity contribution in [2.45, 2.75) is 108 Å². The summed E-state index contributed by atoms with van der Waals surface area (Å²) in [6, 6.07) is 25.6. The number of amides is 2. The number of piperazine rings is 1. The molecular formula is C58H61N11O8S. The largest absolute Gasteiger partial charge is 0.507 e. The third-order valence-electron chi connectivity index (χ3n) is 15.1. The summed E-state index contributed by atoms with van der Waals surface area (Å²) in [5, 5.41) is 36.8. The molecule has 7 aromatic rings. The predicted molar refractivity (Wildman–Crippen MR) is 293 cm³/mol. The predicted octanol–water partition coefficient (Wildman–Crippen LogP) is 7.50. The van der Waals surface area contributed by atoms with Crippen molar-refractivity contribution in [2.75, 3.05) is 41.8 Å². The van der Waals surface area contributed by atoms with Crippen molar-refractivity contribution in [3.8, 4) is 56.8 Å². The van der Waals surface area contributed by atoms with Gasteiger partial charge in [-0.15, -0.1) is 21.5 Å². The fraction of sp³-hybridized carbons (Fsp3) is 0.379. The Morgan fingerprint density at radius 2 is 1.68 bits per heavy atom. The van der Waals surface area contributed by atoms with E-state index in [-0.39, 0.29) is 79.3 Å². The first-order valence-corrected chi connectivity index (χ1v) is 27.3. The van der Waals surface area contributed by atoms with Gasteiger partial charge in [-0.05, 0) is 91.2 Å². The quantitative estimate of drug-likeness (QED) is 0.0685. The first kappa shape index (κ1) is 51.8. The highest BCUT2D eigenvalue weighted by atomic mass is 32.1. The number of nitrogens with one attached hydrogen (secondary N) is 1. The Morgan fingerprint density at radius 1 is 0.897 bits per heavy atom. The number of para-hydroxylation sites is 1. The zero-order valence-corrected chi connectivity index (χ0v) is 44.5. The van der Waals surface area contributed by atoms with Crippen molar-refractivity contribution in [1.29, 1.82) is 0 Å². The molecule has 78 heavy (non-hydrogen) atoms. The number of aryl methyl sites for hydroxylation is 1. The van der Waals surface area contributed by atoms with Gasteiger partial charge in [0.25, 0.3) is 5.88 Å². The van der Waals surface area contributed by atoms with Crippen LogP contribution in [0.3, 0.4) is 0 Å². The maximum absolute atomic E-state index is 14.2. The molecule has 1 saturated carbocycles. The molecule has 19 nitrogen and oxygen atoms in total. The number of β-amino-alcohol motifs (C(OH)–C–C–N with tert-alkyl or cyclic N) is 1. The molecule has 4 fully saturated rings. The number of aliphatic hydroxyl groups is 1. The Hall–Kier alpha value is -8.28. The number of fused-ring (bicyclic) bond motifs is 2. The van der Waals surface area contributed by atoms with E-state index in [2.05, 4.69) is 57.3 Å². The van der Waals surface area contributed by atoms with Gasteiger partial charge in [0.1, 0.15) is 41.4 Å². The topological polar surface area (TPSA) is 241 Å². The Morgan fingerprint density at radius 3 is 2.41 bits per heavy atom. The Kier molecular flexibility index (Phi) is 14.9. The highest BCUT2D eigenvalue weighted by molar-refractivity contribution is 7.13. The lowest BCUT2D eigenvalue weighted by atomic mass is 9.91. The molecule has 3 unspecified atom stereocenters. The van der Waals surface area contributed by atoms with Crippen molar-refractivity contribution in [1.82, 2.24) is 40.5 Å². The van der Waals surface area contributed by atoms with Crippen LogP contribution in [0, 0.1) is 24.7 Å². The van der Waals surface area contributed by atoms with Gasteiger partial charge in [-0.1, -0.05) is 56.2 Å². The fourth-order valence-corrected chi connectivity index (χ4v) is 11.9. The molecule has 11 rings (SSSR count). The lowest BCUT2D eigenvalue weighted by Gasteiger charge is -2.43. The van der Waals surface area contributed by atoms with Crippen molar-refractivity contribution in [3.05, 3.63) is 126 Å². The summed E-state index contributed by atoms with van der Waals surface area (Å²) < 4.78 is 24.0. The zero-order chi connectivity index (χ0) is 54.0. The molecule has 2 bridgehead atoms. The number of ether oxygens (including phenoxy) is 3. The van der Waals surface area contributed by atoms with E-state index in [9.17, 15) is 19.8 Å². The van der Waals surface area contributed by atoms with Crippen LogP contribution in [0.2, 0.25) is 0 Å². The van der Waals surface area contributed by atoms with Crippen LogP contribution in [-0.4, -0.2) is 120 Å². The summed E-state index contributed by atoms with van der Waals surface area (Å²) >= 11 is 1.58. The van der Waals surface area contributed by atoms with Crippen LogP contribution in [-0.2, 0) is 9.59 Å². The van der Waals surface area contributed by atoms with Crippen LogP contribution in [0.1, 0.15) is 87.5 Å². The molecule has 6 atom stereocenters. The number of anilines is 3. The molecule has 2 amide bonds. The van der Waals surface area contributed by atoms with Gasteiger partial charge in [-0.2, -0.15) is 0 Å². The number of hydrogen-bond acceptors (Lipinski definition) is 18. The van der Waals surface area contributed by atoms with Crippen LogP contribution in [0.15, 0.2) is 107 Å². The number of aromatic hydroxyl groups is 1. The number of carbonyl (C=O) groups excluding carboxylic acids is 2. The van der Waals surface area contributed by atoms with Crippen molar-refractivity contribution in [3.63, 3.8) is 0 Å². The monoisotopic (exact) mass is 1070 g/mol. The normalized spacial score (nSPS) is 21.3. The standard InChI is InChI=1S/C58H61N11O8S/c1-33(2)54(58(73)68-31-42(70)23-49(68)57(72)63-34(3)36-11-13-37(14-12-36)55-35(4)62-32-78-55)51-27-53(66-77-51)74-21-7-8-38-15-18-43(28-61-38)75-44-24-45(25-44)76-52-22-39(19-20-60-52)69-40-16-17-41(69)30-67(29-40)48-26-47(64-65-56(48)59)46-9-5-6-10-50(46)71/h5-6,9-15,18-20,22,26-28,32-34,40-42,44-45,49,54,70-71H,16-17,21,23-25,29-31H2,1-4H3,(H2,59,65)(H,63,72)/t34-,40?,41?,42+,44?,45?,49-,54?/m0/s1. The third kappa shape index (κ3) is 11.1.